The predicted octanol–water partition coefficient (Wildman–Crippen LogP) is 4.43. The second-order valence-corrected chi connectivity index (χ2v) is 5.04. The Balaban J connectivity index is 0.00000200. The number of rotatable bonds is 7. The Morgan fingerprint density at radius 2 is 1.50 bits per heavy atom. The Hall–Kier alpha value is -1.31. The summed E-state index contributed by atoms with van der Waals surface area (Å²) in [4.78, 5) is 0. The highest BCUT2D eigenvalue weighted by atomic mass is 35.5. The monoisotopic (exact) mass is 289 g/mol. The third-order valence-corrected chi connectivity index (χ3v) is 3.58. The molecule has 0 aliphatic rings. The Morgan fingerprint density at radius 1 is 0.900 bits per heavy atom. The molecular weight excluding hydrogens is 266 g/mol. The van der Waals surface area contributed by atoms with Gasteiger partial charge < -0.3 is 5.32 Å². The van der Waals surface area contributed by atoms with Gasteiger partial charge in [-0.3, -0.25) is 0 Å². The molecule has 2 heteroatoms. The molecule has 1 atom stereocenters. The number of hydrogen-bond acceptors (Lipinski definition) is 1. The van der Waals surface area contributed by atoms with Crippen LogP contribution in [0.4, 0.5) is 0 Å². The molecular formula is C18H24ClN. The lowest BCUT2D eigenvalue weighted by Crippen LogP contribution is -2.17. The van der Waals surface area contributed by atoms with E-state index in [1.54, 1.807) is 0 Å². The van der Waals surface area contributed by atoms with Crippen LogP contribution in [-0.2, 0) is 6.42 Å². The molecule has 0 aliphatic carbocycles. The van der Waals surface area contributed by atoms with Gasteiger partial charge in [0.25, 0.3) is 0 Å². The minimum Gasteiger partial charge on any atom is -0.319 e. The van der Waals surface area contributed by atoms with Crippen LogP contribution in [0.1, 0.15) is 29.9 Å². The van der Waals surface area contributed by atoms with Crippen molar-refractivity contribution in [2.75, 3.05) is 13.6 Å². The standard InChI is InChI=1S/C18H23N.ClH/c1-19-15-18(17-12-6-3-7-13-17)14-8-11-16-9-4-2-5-10-16;/h2-7,9-10,12-13,18-19H,8,11,14-15H2,1H3;1H. The van der Waals surface area contributed by atoms with Crippen molar-refractivity contribution < 1.29 is 0 Å². The molecule has 0 saturated carbocycles. The largest absolute Gasteiger partial charge is 0.319 e. The molecule has 0 bridgehead atoms. The normalized spacial score (nSPS) is 11.7. The van der Waals surface area contributed by atoms with Crippen LogP contribution >= 0.6 is 12.4 Å². The molecule has 1 unspecified atom stereocenters. The van der Waals surface area contributed by atoms with Crippen LogP contribution < -0.4 is 5.32 Å². The lowest BCUT2D eigenvalue weighted by molar-refractivity contribution is 0.560. The summed E-state index contributed by atoms with van der Waals surface area (Å²) < 4.78 is 0. The van der Waals surface area contributed by atoms with E-state index in [4.69, 9.17) is 0 Å². The van der Waals surface area contributed by atoms with E-state index in [-0.39, 0.29) is 12.4 Å². The summed E-state index contributed by atoms with van der Waals surface area (Å²) in [7, 11) is 2.03. The average molecular weight is 290 g/mol. The number of likely N-dealkylation sites (N-methyl/N-ethyl adjacent to an activating group) is 1. The third-order valence-electron chi connectivity index (χ3n) is 3.58. The molecule has 108 valence electrons. The Bertz CT molecular complexity index is 455. The summed E-state index contributed by atoms with van der Waals surface area (Å²) in [6.45, 7) is 1.05. The molecule has 0 heterocycles. The zero-order chi connectivity index (χ0) is 13.3. The van der Waals surface area contributed by atoms with Gasteiger partial charge in [0.2, 0.25) is 0 Å². The quantitative estimate of drug-likeness (QED) is 0.795. The van der Waals surface area contributed by atoms with E-state index < -0.39 is 0 Å². The molecule has 2 rings (SSSR count). The van der Waals surface area contributed by atoms with Crippen molar-refractivity contribution in [2.45, 2.75) is 25.2 Å². The number of hydrogen-bond donors (Lipinski definition) is 1. The van der Waals surface area contributed by atoms with Crippen molar-refractivity contribution in [1.82, 2.24) is 5.32 Å². The SMILES string of the molecule is CNCC(CCCc1ccccc1)c1ccccc1.Cl. The molecule has 0 aromatic heterocycles. The summed E-state index contributed by atoms with van der Waals surface area (Å²) in [6, 6.07) is 21.6. The molecule has 0 amide bonds. The van der Waals surface area contributed by atoms with E-state index in [0.717, 1.165) is 6.54 Å². The summed E-state index contributed by atoms with van der Waals surface area (Å²) in [5, 5.41) is 3.31. The first-order valence-electron chi connectivity index (χ1n) is 7.13. The van der Waals surface area contributed by atoms with Gasteiger partial charge in [0.05, 0.1) is 0 Å². The topological polar surface area (TPSA) is 12.0 Å². The zero-order valence-electron chi connectivity index (χ0n) is 12.1. The van der Waals surface area contributed by atoms with Gasteiger partial charge in [0, 0.05) is 6.54 Å². The maximum Gasteiger partial charge on any atom is 0.00171 e. The highest BCUT2D eigenvalue weighted by Crippen LogP contribution is 2.21. The van der Waals surface area contributed by atoms with Gasteiger partial charge in [-0.1, -0.05) is 60.7 Å². The average Bonchev–Trinajstić information content (AvgIpc) is 2.48. The second-order valence-electron chi connectivity index (χ2n) is 5.04. The minimum atomic E-state index is 0. The maximum absolute atomic E-state index is 3.31. The number of halogens is 1. The lowest BCUT2D eigenvalue weighted by Gasteiger charge is -2.17. The Kier molecular flexibility index (Phi) is 8.01. The summed E-state index contributed by atoms with van der Waals surface area (Å²) in [5.41, 5.74) is 2.89. The highest BCUT2D eigenvalue weighted by Gasteiger charge is 2.09. The first kappa shape index (κ1) is 16.7. The van der Waals surface area contributed by atoms with Crippen molar-refractivity contribution in [3.05, 3.63) is 71.8 Å². The number of nitrogens with one attached hydrogen (secondary N) is 1. The van der Waals surface area contributed by atoms with Crippen LogP contribution in [0.15, 0.2) is 60.7 Å². The third kappa shape index (κ3) is 5.36. The molecule has 2 aromatic carbocycles. The minimum absolute atomic E-state index is 0. The second kappa shape index (κ2) is 9.57. The molecule has 0 aliphatic heterocycles. The van der Waals surface area contributed by atoms with Gasteiger partial charge >= 0.3 is 0 Å². The molecule has 1 nitrogen and oxygen atoms in total. The van der Waals surface area contributed by atoms with Gasteiger partial charge in [-0.2, -0.15) is 0 Å². The predicted molar refractivity (Wildman–Crippen MR) is 89.7 cm³/mol. The molecule has 0 radical (unpaired) electrons. The van der Waals surface area contributed by atoms with Gasteiger partial charge in [0.15, 0.2) is 0 Å². The highest BCUT2D eigenvalue weighted by molar-refractivity contribution is 5.85. The summed E-state index contributed by atoms with van der Waals surface area (Å²) >= 11 is 0. The van der Waals surface area contributed by atoms with Crippen molar-refractivity contribution in [1.29, 1.82) is 0 Å². The first-order chi connectivity index (χ1) is 9.40. The Morgan fingerprint density at radius 3 is 2.10 bits per heavy atom. The summed E-state index contributed by atoms with van der Waals surface area (Å²) in [6.07, 6.45) is 3.65. The van der Waals surface area contributed by atoms with E-state index >= 15 is 0 Å². The van der Waals surface area contributed by atoms with Gasteiger partial charge in [0.1, 0.15) is 0 Å². The van der Waals surface area contributed by atoms with Crippen LogP contribution in [0.2, 0.25) is 0 Å². The summed E-state index contributed by atoms with van der Waals surface area (Å²) in [5.74, 6) is 0.620. The zero-order valence-corrected chi connectivity index (χ0v) is 12.9. The molecule has 0 saturated heterocycles. The van der Waals surface area contributed by atoms with Crippen molar-refractivity contribution in [3.8, 4) is 0 Å². The van der Waals surface area contributed by atoms with Crippen LogP contribution in [-0.4, -0.2) is 13.6 Å². The van der Waals surface area contributed by atoms with E-state index in [2.05, 4.69) is 66.0 Å². The van der Waals surface area contributed by atoms with Crippen LogP contribution in [0, 0.1) is 0 Å². The fraction of sp³-hybridized carbons (Fsp3) is 0.333. The molecule has 20 heavy (non-hydrogen) atoms. The fourth-order valence-corrected chi connectivity index (χ4v) is 2.56. The van der Waals surface area contributed by atoms with Gasteiger partial charge in [-0.05, 0) is 43.4 Å². The maximum atomic E-state index is 3.31. The van der Waals surface area contributed by atoms with Crippen molar-refractivity contribution in [3.63, 3.8) is 0 Å². The number of benzene rings is 2. The molecule has 2 aromatic rings. The molecule has 0 fully saturated rings. The van der Waals surface area contributed by atoms with E-state index in [1.807, 2.05) is 7.05 Å². The van der Waals surface area contributed by atoms with Crippen molar-refractivity contribution in [2.24, 2.45) is 0 Å². The molecule has 0 spiro atoms. The van der Waals surface area contributed by atoms with E-state index in [9.17, 15) is 0 Å². The molecule has 1 N–H and O–H groups in total. The van der Waals surface area contributed by atoms with Crippen LogP contribution in [0.3, 0.4) is 0 Å². The Labute approximate surface area is 128 Å². The first-order valence-corrected chi connectivity index (χ1v) is 7.13. The van der Waals surface area contributed by atoms with Gasteiger partial charge in [-0.15, -0.1) is 12.4 Å². The van der Waals surface area contributed by atoms with E-state index in [0.29, 0.717) is 5.92 Å². The van der Waals surface area contributed by atoms with E-state index in [1.165, 1.54) is 30.4 Å². The van der Waals surface area contributed by atoms with Crippen LogP contribution in [0.25, 0.3) is 0 Å². The smallest absolute Gasteiger partial charge is 0.00171 e. The fourth-order valence-electron chi connectivity index (χ4n) is 2.56. The van der Waals surface area contributed by atoms with Crippen molar-refractivity contribution >= 4 is 12.4 Å². The van der Waals surface area contributed by atoms with Gasteiger partial charge in [-0.25, -0.2) is 0 Å². The number of aryl methyl sites for hydroxylation is 1. The van der Waals surface area contributed by atoms with Crippen LogP contribution in [0.5, 0.6) is 0 Å². The lowest BCUT2D eigenvalue weighted by atomic mass is 9.92.